The highest BCUT2D eigenvalue weighted by Gasteiger charge is 2.11. The minimum Gasteiger partial charge on any atom is -0.497 e. The van der Waals surface area contributed by atoms with E-state index in [1.165, 1.54) is 13.3 Å². The van der Waals surface area contributed by atoms with E-state index in [2.05, 4.69) is 10.6 Å². The lowest BCUT2D eigenvalue weighted by Crippen LogP contribution is -2.14. The number of rotatable bonds is 8. The molecule has 1 amide bonds. The van der Waals surface area contributed by atoms with Crippen LogP contribution in [0.25, 0.3) is 0 Å². The van der Waals surface area contributed by atoms with E-state index in [1.54, 1.807) is 49.6 Å². The maximum atomic E-state index is 12.3. The molecule has 0 aliphatic heterocycles. The van der Waals surface area contributed by atoms with Gasteiger partial charge in [0.25, 0.3) is 5.91 Å². The molecular weight excluding hydrogens is 346 g/mol. The third kappa shape index (κ3) is 5.41. The zero-order valence-electron chi connectivity index (χ0n) is 15.4. The summed E-state index contributed by atoms with van der Waals surface area (Å²) in [6.45, 7) is 2.45. The fraction of sp³-hybridized carbons (Fsp3) is 0.200. The molecule has 140 valence electrons. The minimum absolute atomic E-state index is 0.0891. The lowest BCUT2D eigenvalue weighted by molar-refractivity contribution is -0.112. The summed E-state index contributed by atoms with van der Waals surface area (Å²) in [5.74, 6) is 1.34. The first-order valence-corrected chi connectivity index (χ1v) is 8.24. The number of hydrogen-bond acceptors (Lipinski definition) is 6. The first-order valence-electron chi connectivity index (χ1n) is 8.24. The molecule has 0 saturated carbocycles. The van der Waals surface area contributed by atoms with Crippen LogP contribution in [0, 0.1) is 11.3 Å². The second-order valence-electron chi connectivity index (χ2n) is 5.29. The Morgan fingerprint density at radius 1 is 1.11 bits per heavy atom. The summed E-state index contributed by atoms with van der Waals surface area (Å²) >= 11 is 0. The maximum Gasteiger partial charge on any atom is 0.267 e. The molecule has 0 saturated heterocycles. The van der Waals surface area contributed by atoms with E-state index >= 15 is 0 Å². The number of anilines is 2. The standard InChI is InChI=1S/C20H21N3O4/c1-4-27-16-7-5-15(6-8-16)23-20(24)14(12-21)13-22-18-11-17(25-2)9-10-19(18)26-3/h5-11,13,22H,4H2,1-3H3,(H,23,24)/b14-13-. The van der Waals surface area contributed by atoms with Crippen LogP contribution in [0.5, 0.6) is 17.2 Å². The van der Waals surface area contributed by atoms with Crippen LogP contribution < -0.4 is 24.8 Å². The van der Waals surface area contributed by atoms with Gasteiger partial charge in [-0.25, -0.2) is 0 Å². The van der Waals surface area contributed by atoms with Gasteiger partial charge >= 0.3 is 0 Å². The lowest BCUT2D eigenvalue weighted by atomic mass is 10.2. The van der Waals surface area contributed by atoms with Gasteiger partial charge in [-0.2, -0.15) is 5.26 Å². The highest BCUT2D eigenvalue weighted by Crippen LogP contribution is 2.29. The first kappa shape index (κ1) is 19.7. The van der Waals surface area contributed by atoms with Crippen LogP contribution in [-0.4, -0.2) is 26.7 Å². The molecule has 0 spiro atoms. The summed E-state index contributed by atoms with van der Waals surface area (Å²) < 4.78 is 15.8. The highest BCUT2D eigenvalue weighted by atomic mass is 16.5. The Bertz CT molecular complexity index is 855. The van der Waals surface area contributed by atoms with Crippen molar-refractivity contribution >= 4 is 17.3 Å². The van der Waals surface area contributed by atoms with E-state index in [9.17, 15) is 10.1 Å². The molecule has 0 aromatic heterocycles. The molecule has 0 aliphatic carbocycles. The molecule has 0 fully saturated rings. The van der Waals surface area contributed by atoms with Gasteiger partial charge in [-0.15, -0.1) is 0 Å². The predicted molar refractivity (Wildman–Crippen MR) is 103 cm³/mol. The van der Waals surface area contributed by atoms with Crippen LogP contribution in [-0.2, 0) is 4.79 Å². The molecule has 7 heteroatoms. The number of ether oxygens (including phenoxy) is 3. The van der Waals surface area contributed by atoms with Crippen molar-refractivity contribution in [2.24, 2.45) is 0 Å². The molecule has 2 aromatic rings. The van der Waals surface area contributed by atoms with E-state index in [0.717, 1.165) is 0 Å². The number of nitrogens with one attached hydrogen (secondary N) is 2. The number of hydrogen-bond donors (Lipinski definition) is 2. The largest absolute Gasteiger partial charge is 0.497 e. The molecule has 0 radical (unpaired) electrons. The van der Waals surface area contributed by atoms with Crippen molar-refractivity contribution < 1.29 is 19.0 Å². The van der Waals surface area contributed by atoms with Crippen molar-refractivity contribution in [3.8, 4) is 23.3 Å². The quantitative estimate of drug-likeness (QED) is 0.547. The minimum atomic E-state index is -0.531. The predicted octanol–water partition coefficient (Wildman–Crippen LogP) is 3.56. The van der Waals surface area contributed by atoms with Gasteiger partial charge in [-0.3, -0.25) is 4.79 Å². The molecule has 0 unspecified atom stereocenters. The number of amides is 1. The van der Waals surface area contributed by atoms with Crippen molar-refractivity contribution in [3.05, 3.63) is 54.2 Å². The highest BCUT2D eigenvalue weighted by molar-refractivity contribution is 6.06. The van der Waals surface area contributed by atoms with Crippen LogP contribution in [0.3, 0.4) is 0 Å². The van der Waals surface area contributed by atoms with Gasteiger partial charge in [0.1, 0.15) is 28.9 Å². The Hall–Kier alpha value is -3.66. The van der Waals surface area contributed by atoms with E-state index in [1.807, 2.05) is 13.0 Å². The van der Waals surface area contributed by atoms with Crippen molar-refractivity contribution in [1.29, 1.82) is 5.26 Å². The summed E-state index contributed by atoms with van der Waals surface area (Å²) in [4.78, 5) is 12.3. The monoisotopic (exact) mass is 367 g/mol. The molecule has 2 rings (SSSR count). The van der Waals surface area contributed by atoms with Crippen LogP contribution in [0.1, 0.15) is 6.92 Å². The first-order chi connectivity index (χ1) is 13.1. The van der Waals surface area contributed by atoms with Gasteiger partial charge in [-0.1, -0.05) is 0 Å². The molecule has 7 nitrogen and oxygen atoms in total. The van der Waals surface area contributed by atoms with Crippen molar-refractivity contribution in [3.63, 3.8) is 0 Å². The summed E-state index contributed by atoms with van der Waals surface area (Å²) in [5.41, 5.74) is 1.04. The number of carbonyl (C=O) groups is 1. The average molecular weight is 367 g/mol. The smallest absolute Gasteiger partial charge is 0.267 e. The maximum absolute atomic E-state index is 12.3. The Balaban J connectivity index is 2.11. The summed E-state index contributed by atoms with van der Waals surface area (Å²) in [6.07, 6.45) is 1.32. The Morgan fingerprint density at radius 2 is 1.81 bits per heavy atom. The number of nitrogens with zero attached hydrogens (tertiary/aromatic N) is 1. The SMILES string of the molecule is CCOc1ccc(NC(=O)/C(C#N)=C\Nc2cc(OC)ccc2OC)cc1. The van der Waals surface area contributed by atoms with Gasteiger partial charge in [0.05, 0.1) is 26.5 Å². The van der Waals surface area contributed by atoms with Gasteiger partial charge in [0.2, 0.25) is 0 Å². The zero-order chi connectivity index (χ0) is 19.6. The van der Waals surface area contributed by atoms with Gasteiger partial charge in [0, 0.05) is 18.0 Å². The number of nitriles is 1. The zero-order valence-corrected chi connectivity index (χ0v) is 15.4. The Labute approximate surface area is 158 Å². The normalized spacial score (nSPS) is 10.5. The van der Waals surface area contributed by atoms with Gasteiger partial charge < -0.3 is 24.8 Å². The topological polar surface area (TPSA) is 92.6 Å². The van der Waals surface area contributed by atoms with E-state index in [-0.39, 0.29) is 5.57 Å². The van der Waals surface area contributed by atoms with Crippen LogP contribution in [0.2, 0.25) is 0 Å². The van der Waals surface area contributed by atoms with Crippen molar-refractivity contribution in [1.82, 2.24) is 0 Å². The van der Waals surface area contributed by atoms with Crippen LogP contribution in [0.4, 0.5) is 11.4 Å². The summed E-state index contributed by atoms with van der Waals surface area (Å²) in [5, 5.41) is 14.9. The molecule has 2 N–H and O–H groups in total. The van der Waals surface area contributed by atoms with Crippen molar-refractivity contribution in [2.75, 3.05) is 31.5 Å². The number of benzene rings is 2. The Morgan fingerprint density at radius 3 is 2.41 bits per heavy atom. The summed E-state index contributed by atoms with van der Waals surface area (Å²) in [7, 11) is 3.08. The summed E-state index contributed by atoms with van der Waals surface area (Å²) in [6, 6.07) is 14.0. The third-order valence-electron chi connectivity index (χ3n) is 3.57. The average Bonchev–Trinajstić information content (AvgIpc) is 2.70. The van der Waals surface area contributed by atoms with E-state index < -0.39 is 5.91 Å². The Kier molecular flexibility index (Phi) is 7.08. The van der Waals surface area contributed by atoms with E-state index in [0.29, 0.717) is 35.2 Å². The molecular formula is C20H21N3O4. The molecule has 0 atom stereocenters. The second kappa shape index (κ2) is 9.73. The second-order valence-corrected chi connectivity index (χ2v) is 5.29. The molecule has 2 aromatic carbocycles. The molecule has 27 heavy (non-hydrogen) atoms. The fourth-order valence-corrected chi connectivity index (χ4v) is 2.22. The van der Waals surface area contributed by atoms with Crippen molar-refractivity contribution in [2.45, 2.75) is 6.92 Å². The van der Waals surface area contributed by atoms with Crippen LogP contribution in [0.15, 0.2) is 54.2 Å². The molecule has 0 aliphatic rings. The third-order valence-corrected chi connectivity index (χ3v) is 3.57. The van der Waals surface area contributed by atoms with E-state index in [4.69, 9.17) is 14.2 Å². The number of methoxy groups -OCH3 is 2. The van der Waals surface area contributed by atoms with Crippen LogP contribution >= 0.6 is 0 Å². The van der Waals surface area contributed by atoms with Gasteiger partial charge in [-0.05, 0) is 43.3 Å². The molecule has 0 heterocycles. The fourth-order valence-electron chi connectivity index (χ4n) is 2.22. The lowest BCUT2D eigenvalue weighted by Gasteiger charge is -2.11. The number of carbonyl (C=O) groups excluding carboxylic acids is 1. The molecule has 0 bridgehead atoms. The van der Waals surface area contributed by atoms with Gasteiger partial charge in [0.15, 0.2) is 0 Å².